The molecule has 0 fully saturated rings. The standard InChI is InChI=1S/C14H14BrFO2S/c1-3-19-14-8(2)12(17)11-7-10(16)6-9(4-5-15)13(11)18-14/h6-7H,3-5H2,1-2H3. The van der Waals surface area contributed by atoms with Gasteiger partial charge in [0.25, 0.3) is 0 Å². The Bertz CT molecular complexity index is 667. The van der Waals surface area contributed by atoms with E-state index in [1.165, 1.54) is 23.9 Å². The molecule has 0 atom stereocenters. The van der Waals surface area contributed by atoms with E-state index in [1.54, 1.807) is 6.92 Å². The molecule has 0 unspecified atom stereocenters. The van der Waals surface area contributed by atoms with Crippen molar-refractivity contribution in [2.75, 3.05) is 11.1 Å². The molecule has 0 aliphatic carbocycles. The van der Waals surface area contributed by atoms with Crippen LogP contribution >= 0.6 is 27.7 Å². The summed E-state index contributed by atoms with van der Waals surface area (Å²) in [5.74, 6) is 0.426. The Labute approximate surface area is 123 Å². The predicted molar refractivity (Wildman–Crippen MR) is 81.1 cm³/mol. The molecule has 0 radical (unpaired) electrons. The van der Waals surface area contributed by atoms with Gasteiger partial charge in [0.2, 0.25) is 0 Å². The highest BCUT2D eigenvalue weighted by Crippen LogP contribution is 2.27. The first-order chi connectivity index (χ1) is 9.08. The Balaban J connectivity index is 2.80. The SMILES string of the molecule is CCSc1oc2c(CCBr)cc(F)cc2c(=O)c1C. The third kappa shape index (κ3) is 2.87. The van der Waals surface area contributed by atoms with E-state index < -0.39 is 5.82 Å². The smallest absolute Gasteiger partial charge is 0.196 e. The van der Waals surface area contributed by atoms with Crippen LogP contribution < -0.4 is 5.43 Å². The molecule has 0 saturated carbocycles. The quantitative estimate of drug-likeness (QED) is 0.612. The minimum atomic E-state index is -0.397. The number of hydrogen-bond acceptors (Lipinski definition) is 3. The lowest BCUT2D eigenvalue weighted by Crippen LogP contribution is -2.08. The maximum absolute atomic E-state index is 13.6. The van der Waals surface area contributed by atoms with Crippen LogP contribution in [0.2, 0.25) is 0 Å². The van der Waals surface area contributed by atoms with E-state index in [0.29, 0.717) is 33.4 Å². The maximum atomic E-state index is 13.6. The molecule has 0 spiro atoms. The van der Waals surface area contributed by atoms with Gasteiger partial charge in [-0.1, -0.05) is 34.6 Å². The van der Waals surface area contributed by atoms with E-state index in [2.05, 4.69) is 15.9 Å². The topological polar surface area (TPSA) is 30.2 Å². The van der Waals surface area contributed by atoms with Gasteiger partial charge >= 0.3 is 0 Å². The van der Waals surface area contributed by atoms with Crippen molar-refractivity contribution in [2.24, 2.45) is 0 Å². The Kier molecular flexibility index (Phi) is 4.68. The van der Waals surface area contributed by atoms with E-state index in [1.807, 2.05) is 6.92 Å². The Morgan fingerprint density at radius 1 is 1.42 bits per heavy atom. The number of halogens is 2. The van der Waals surface area contributed by atoms with Gasteiger partial charge in [-0.15, -0.1) is 0 Å². The lowest BCUT2D eigenvalue weighted by Gasteiger charge is -2.09. The molecular formula is C14H14BrFO2S. The summed E-state index contributed by atoms with van der Waals surface area (Å²) in [6.45, 7) is 3.72. The Morgan fingerprint density at radius 3 is 2.79 bits per heavy atom. The lowest BCUT2D eigenvalue weighted by atomic mass is 10.1. The van der Waals surface area contributed by atoms with Crippen molar-refractivity contribution >= 4 is 38.7 Å². The van der Waals surface area contributed by atoms with Crippen molar-refractivity contribution in [3.05, 3.63) is 39.3 Å². The number of aryl methyl sites for hydroxylation is 1. The van der Waals surface area contributed by atoms with Crippen LogP contribution in [0.4, 0.5) is 4.39 Å². The van der Waals surface area contributed by atoms with Crippen LogP contribution in [0, 0.1) is 12.7 Å². The fraction of sp³-hybridized carbons (Fsp3) is 0.357. The molecule has 1 aromatic carbocycles. The van der Waals surface area contributed by atoms with Gasteiger partial charge in [-0.3, -0.25) is 4.79 Å². The number of fused-ring (bicyclic) bond motifs is 1. The van der Waals surface area contributed by atoms with Gasteiger partial charge in [0.05, 0.1) is 5.39 Å². The first kappa shape index (κ1) is 14.6. The fourth-order valence-electron chi connectivity index (χ4n) is 1.96. The van der Waals surface area contributed by atoms with Gasteiger partial charge < -0.3 is 4.42 Å². The normalized spacial score (nSPS) is 11.2. The predicted octanol–water partition coefficient (Wildman–Crippen LogP) is 4.29. The van der Waals surface area contributed by atoms with Crippen LogP contribution in [0.1, 0.15) is 18.1 Å². The van der Waals surface area contributed by atoms with Gasteiger partial charge in [-0.25, -0.2) is 4.39 Å². The van der Waals surface area contributed by atoms with Crippen molar-refractivity contribution in [3.63, 3.8) is 0 Å². The van der Waals surface area contributed by atoms with Crippen LogP contribution in [0.5, 0.6) is 0 Å². The van der Waals surface area contributed by atoms with Crippen LogP contribution in [-0.4, -0.2) is 11.1 Å². The molecule has 0 aliphatic rings. The number of hydrogen-bond donors (Lipinski definition) is 0. The second-order valence-corrected chi connectivity index (χ2v) is 6.19. The van der Waals surface area contributed by atoms with E-state index in [-0.39, 0.29) is 5.43 Å². The highest BCUT2D eigenvalue weighted by molar-refractivity contribution is 9.09. The summed E-state index contributed by atoms with van der Waals surface area (Å²) in [6.07, 6.45) is 0.622. The molecule has 1 aromatic heterocycles. The second-order valence-electron chi connectivity index (χ2n) is 4.16. The van der Waals surface area contributed by atoms with Crippen molar-refractivity contribution in [2.45, 2.75) is 25.4 Å². The van der Waals surface area contributed by atoms with Gasteiger partial charge in [-0.2, -0.15) is 0 Å². The summed E-state index contributed by atoms with van der Waals surface area (Å²) in [5, 5.41) is 1.65. The van der Waals surface area contributed by atoms with Gasteiger partial charge in [0.1, 0.15) is 11.4 Å². The molecule has 2 rings (SSSR count). The minimum absolute atomic E-state index is 0.146. The second kappa shape index (κ2) is 6.09. The molecule has 0 bridgehead atoms. The van der Waals surface area contributed by atoms with Crippen LogP contribution in [0.3, 0.4) is 0 Å². The van der Waals surface area contributed by atoms with Crippen molar-refractivity contribution in [3.8, 4) is 0 Å². The summed E-state index contributed by atoms with van der Waals surface area (Å²) in [4.78, 5) is 12.3. The molecule has 0 saturated heterocycles. The first-order valence-electron chi connectivity index (χ1n) is 6.03. The molecular weight excluding hydrogens is 331 g/mol. The third-order valence-corrected chi connectivity index (χ3v) is 4.19. The van der Waals surface area contributed by atoms with Crippen LogP contribution in [0.25, 0.3) is 11.0 Å². The molecule has 0 amide bonds. The molecule has 2 aromatic rings. The first-order valence-corrected chi connectivity index (χ1v) is 8.13. The van der Waals surface area contributed by atoms with E-state index >= 15 is 0 Å². The molecule has 0 aliphatic heterocycles. The van der Waals surface area contributed by atoms with Gasteiger partial charge in [0, 0.05) is 10.9 Å². The fourth-order valence-corrected chi connectivity index (χ4v) is 3.10. The average Bonchev–Trinajstić information content (AvgIpc) is 2.37. The zero-order valence-corrected chi connectivity index (χ0v) is 13.2. The minimum Gasteiger partial charge on any atom is -0.449 e. The zero-order chi connectivity index (χ0) is 14.0. The number of rotatable bonds is 4. The maximum Gasteiger partial charge on any atom is 0.196 e. The van der Waals surface area contributed by atoms with Crippen LogP contribution in [-0.2, 0) is 6.42 Å². The third-order valence-electron chi connectivity index (χ3n) is 2.86. The summed E-state index contributed by atoms with van der Waals surface area (Å²) >= 11 is 4.82. The number of benzene rings is 1. The summed E-state index contributed by atoms with van der Waals surface area (Å²) < 4.78 is 19.4. The molecule has 0 N–H and O–H groups in total. The van der Waals surface area contributed by atoms with Gasteiger partial charge in [-0.05, 0) is 36.8 Å². The molecule has 1 heterocycles. The van der Waals surface area contributed by atoms with Crippen molar-refractivity contribution < 1.29 is 8.81 Å². The van der Waals surface area contributed by atoms with Crippen molar-refractivity contribution in [1.82, 2.24) is 0 Å². The summed E-state index contributed by atoms with van der Waals surface area (Å²) in [5.41, 5.74) is 1.64. The molecule has 19 heavy (non-hydrogen) atoms. The lowest BCUT2D eigenvalue weighted by molar-refractivity contribution is 0.488. The molecule has 5 heteroatoms. The number of alkyl halides is 1. The highest BCUT2D eigenvalue weighted by Gasteiger charge is 2.15. The summed E-state index contributed by atoms with van der Waals surface area (Å²) in [7, 11) is 0. The Hall–Kier alpha value is -0.810. The van der Waals surface area contributed by atoms with Crippen LogP contribution in [0.15, 0.2) is 26.4 Å². The zero-order valence-electron chi connectivity index (χ0n) is 10.8. The van der Waals surface area contributed by atoms with Gasteiger partial charge in [0.15, 0.2) is 10.5 Å². The van der Waals surface area contributed by atoms with E-state index in [0.717, 1.165) is 11.3 Å². The highest BCUT2D eigenvalue weighted by atomic mass is 79.9. The monoisotopic (exact) mass is 344 g/mol. The largest absolute Gasteiger partial charge is 0.449 e. The summed E-state index contributed by atoms with van der Waals surface area (Å²) in [6, 6.07) is 2.69. The molecule has 102 valence electrons. The number of thioether (sulfide) groups is 1. The van der Waals surface area contributed by atoms with Crippen molar-refractivity contribution in [1.29, 1.82) is 0 Å². The molecule has 2 nitrogen and oxygen atoms in total. The van der Waals surface area contributed by atoms with E-state index in [9.17, 15) is 9.18 Å². The van der Waals surface area contributed by atoms with E-state index in [4.69, 9.17) is 4.42 Å². The average molecular weight is 345 g/mol. The Morgan fingerprint density at radius 2 is 2.16 bits per heavy atom.